The number of hydrogen-bond donors (Lipinski definition) is 2. The molecule has 2 aromatic rings. The second-order valence-electron chi connectivity index (χ2n) is 6.45. The van der Waals surface area contributed by atoms with Crippen molar-refractivity contribution in [2.45, 2.75) is 45.9 Å². The van der Waals surface area contributed by atoms with E-state index in [-0.39, 0.29) is 12.7 Å². The molecule has 0 bridgehead atoms. The summed E-state index contributed by atoms with van der Waals surface area (Å²) < 4.78 is 13.2. The van der Waals surface area contributed by atoms with E-state index in [1.54, 1.807) is 0 Å². The van der Waals surface area contributed by atoms with Crippen molar-refractivity contribution in [3.8, 4) is 5.75 Å². The van der Waals surface area contributed by atoms with Crippen LogP contribution in [0.1, 0.15) is 29.7 Å². The standard InChI is InChI=1S/C19H27N3O3/c1-14-15(2)21-22(9-10-23)19(14)20-12-16-5-7-17(8-6-16)25-13-18-4-3-11-24-18/h5-8,18,20,23H,3-4,9-13H2,1-2H3. The second-order valence-corrected chi connectivity index (χ2v) is 6.45. The molecule has 0 saturated carbocycles. The summed E-state index contributed by atoms with van der Waals surface area (Å²) in [5, 5.41) is 17.1. The van der Waals surface area contributed by atoms with Gasteiger partial charge in [0.25, 0.3) is 0 Å². The van der Waals surface area contributed by atoms with Crippen molar-refractivity contribution in [1.29, 1.82) is 0 Å². The third-order valence-corrected chi connectivity index (χ3v) is 4.58. The Balaban J connectivity index is 1.55. The summed E-state index contributed by atoms with van der Waals surface area (Å²) in [7, 11) is 0. The average molecular weight is 345 g/mol. The van der Waals surface area contributed by atoms with Gasteiger partial charge in [-0.1, -0.05) is 12.1 Å². The first-order chi connectivity index (χ1) is 12.2. The minimum Gasteiger partial charge on any atom is -0.491 e. The van der Waals surface area contributed by atoms with E-state index in [9.17, 15) is 5.11 Å². The third-order valence-electron chi connectivity index (χ3n) is 4.58. The number of ether oxygens (including phenoxy) is 2. The normalized spacial score (nSPS) is 17.0. The highest BCUT2D eigenvalue weighted by molar-refractivity contribution is 5.47. The highest BCUT2D eigenvalue weighted by atomic mass is 16.5. The summed E-state index contributed by atoms with van der Waals surface area (Å²) in [5.74, 6) is 1.84. The lowest BCUT2D eigenvalue weighted by Gasteiger charge is -2.13. The Hall–Kier alpha value is -2.05. The van der Waals surface area contributed by atoms with Gasteiger partial charge in [-0.25, -0.2) is 4.68 Å². The average Bonchev–Trinajstić information content (AvgIpc) is 3.22. The SMILES string of the molecule is Cc1nn(CCO)c(NCc2ccc(OCC3CCCO3)cc2)c1C. The number of aryl methyl sites for hydroxylation is 1. The number of aromatic nitrogens is 2. The van der Waals surface area contributed by atoms with E-state index in [4.69, 9.17) is 9.47 Å². The van der Waals surface area contributed by atoms with Crippen molar-refractivity contribution in [2.75, 3.05) is 25.1 Å². The highest BCUT2D eigenvalue weighted by Crippen LogP contribution is 2.20. The van der Waals surface area contributed by atoms with E-state index in [1.807, 2.05) is 30.7 Å². The largest absolute Gasteiger partial charge is 0.491 e. The van der Waals surface area contributed by atoms with Gasteiger partial charge < -0.3 is 19.9 Å². The van der Waals surface area contributed by atoms with Crippen molar-refractivity contribution in [3.63, 3.8) is 0 Å². The maximum Gasteiger partial charge on any atom is 0.127 e. The van der Waals surface area contributed by atoms with E-state index in [0.29, 0.717) is 19.7 Å². The second kappa shape index (κ2) is 8.36. The fourth-order valence-corrected chi connectivity index (χ4v) is 3.01. The number of nitrogens with zero attached hydrogens (tertiary/aromatic N) is 2. The molecule has 0 amide bonds. The Morgan fingerprint density at radius 2 is 2.12 bits per heavy atom. The first-order valence-electron chi connectivity index (χ1n) is 8.89. The zero-order chi connectivity index (χ0) is 17.6. The minimum atomic E-state index is 0.0754. The van der Waals surface area contributed by atoms with Gasteiger partial charge in [0, 0.05) is 18.7 Å². The first-order valence-corrected chi connectivity index (χ1v) is 8.89. The van der Waals surface area contributed by atoms with Gasteiger partial charge in [-0.15, -0.1) is 0 Å². The van der Waals surface area contributed by atoms with Crippen LogP contribution in [0.25, 0.3) is 0 Å². The van der Waals surface area contributed by atoms with Gasteiger partial charge in [0.2, 0.25) is 0 Å². The topological polar surface area (TPSA) is 68.5 Å². The molecule has 6 heteroatoms. The molecular formula is C19H27N3O3. The Bertz CT molecular complexity index is 676. The van der Waals surface area contributed by atoms with Crippen LogP contribution in [0.15, 0.2) is 24.3 Å². The molecule has 2 heterocycles. The molecular weight excluding hydrogens is 318 g/mol. The zero-order valence-electron chi connectivity index (χ0n) is 15.0. The molecule has 1 aromatic heterocycles. The summed E-state index contributed by atoms with van der Waals surface area (Å²) >= 11 is 0. The highest BCUT2D eigenvalue weighted by Gasteiger charge is 2.16. The lowest BCUT2D eigenvalue weighted by molar-refractivity contribution is 0.0679. The van der Waals surface area contributed by atoms with Crippen molar-refractivity contribution in [2.24, 2.45) is 0 Å². The van der Waals surface area contributed by atoms with Gasteiger partial charge in [0.15, 0.2) is 0 Å². The zero-order valence-corrected chi connectivity index (χ0v) is 15.0. The van der Waals surface area contributed by atoms with Crippen LogP contribution in [0.2, 0.25) is 0 Å². The number of aliphatic hydroxyl groups excluding tert-OH is 1. The van der Waals surface area contributed by atoms with E-state index in [1.165, 1.54) is 5.56 Å². The smallest absolute Gasteiger partial charge is 0.127 e. The monoisotopic (exact) mass is 345 g/mol. The summed E-state index contributed by atoms with van der Waals surface area (Å²) in [6.07, 6.45) is 2.45. The molecule has 1 unspecified atom stereocenters. The molecule has 0 aliphatic carbocycles. The molecule has 1 aromatic carbocycles. The number of rotatable bonds is 8. The van der Waals surface area contributed by atoms with Crippen molar-refractivity contribution in [3.05, 3.63) is 41.1 Å². The van der Waals surface area contributed by atoms with Gasteiger partial charge in [-0.2, -0.15) is 5.10 Å². The molecule has 3 rings (SSSR count). The van der Waals surface area contributed by atoms with E-state index in [0.717, 1.165) is 42.3 Å². The molecule has 1 saturated heterocycles. The van der Waals surface area contributed by atoms with Crippen LogP contribution < -0.4 is 10.1 Å². The summed E-state index contributed by atoms with van der Waals surface area (Å²) in [6, 6.07) is 8.11. The fourth-order valence-electron chi connectivity index (χ4n) is 3.01. The number of aliphatic hydroxyl groups is 1. The summed E-state index contributed by atoms with van der Waals surface area (Å²) in [4.78, 5) is 0. The fraction of sp³-hybridized carbons (Fsp3) is 0.526. The molecule has 1 aliphatic rings. The van der Waals surface area contributed by atoms with Crippen LogP contribution >= 0.6 is 0 Å². The third kappa shape index (κ3) is 4.52. The lowest BCUT2D eigenvalue weighted by atomic mass is 10.2. The van der Waals surface area contributed by atoms with Crippen molar-refractivity contribution < 1.29 is 14.6 Å². The Morgan fingerprint density at radius 3 is 2.80 bits per heavy atom. The maximum atomic E-state index is 9.18. The number of nitrogens with one attached hydrogen (secondary N) is 1. The van der Waals surface area contributed by atoms with Crippen LogP contribution in [0, 0.1) is 13.8 Å². The first kappa shape index (κ1) is 17.8. The number of anilines is 1. The molecule has 1 fully saturated rings. The van der Waals surface area contributed by atoms with Gasteiger partial charge in [0.05, 0.1) is 24.9 Å². The summed E-state index contributed by atoms with van der Waals surface area (Å²) in [5.41, 5.74) is 3.26. The Labute approximate surface area is 148 Å². The van der Waals surface area contributed by atoms with E-state index >= 15 is 0 Å². The predicted molar refractivity (Wildman–Crippen MR) is 97.0 cm³/mol. The van der Waals surface area contributed by atoms with Crippen molar-refractivity contribution in [1.82, 2.24) is 9.78 Å². The predicted octanol–water partition coefficient (Wildman–Crippen LogP) is 2.66. The lowest BCUT2D eigenvalue weighted by Crippen LogP contribution is -2.16. The van der Waals surface area contributed by atoms with E-state index in [2.05, 4.69) is 22.5 Å². The van der Waals surface area contributed by atoms with Gasteiger partial charge >= 0.3 is 0 Å². The molecule has 1 atom stereocenters. The van der Waals surface area contributed by atoms with Gasteiger partial charge in [0.1, 0.15) is 18.2 Å². The molecule has 2 N–H and O–H groups in total. The van der Waals surface area contributed by atoms with Crippen LogP contribution in [-0.4, -0.2) is 40.8 Å². The number of benzene rings is 1. The van der Waals surface area contributed by atoms with Gasteiger partial charge in [-0.05, 0) is 44.4 Å². The molecule has 1 aliphatic heterocycles. The molecule has 6 nitrogen and oxygen atoms in total. The van der Waals surface area contributed by atoms with Crippen LogP contribution in [0.4, 0.5) is 5.82 Å². The summed E-state index contributed by atoms with van der Waals surface area (Å²) in [6.45, 7) is 6.76. The van der Waals surface area contributed by atoms with Gasteiger partial charge in [-0.3, -0.25) is 0 Å². The molecule has 0 spiro atoms. The minimum absolute atomic E-state index is 0.0754. The van der Waals surface area contributed by atoms with Crippen LogP contribution in [-0.2, 0) is 17.8 Å². The molecule has 0 radical (unpaired) electrons. The quantitative estimate of drug-likeness (QED) is 0.770. The van der Waals surface area contributed by atoms with Crippen LogP contribution in [0.3, 0.4) is 0 Å². The van der Waals surface area contributed by atoms with Crippen molar-refractivity contribution >= 4 is 5.82 Å². The Kier molecular flexibility index (Phi) is 5.94. The van der Waals surface area contributed by atoms with E-state index < -0.39 is 0 Å². The Morgan fingerprint density at radius 1 is 1.32 bits per heavy atom. The van der Waals surface area contributed by atoms with Crippen LogP contribution in [0.5, 0.6) is 5.75 Å². The molecule has 25 heavy (non-hydrogen) atoms. The number of hydrogen-bond acceptors (Lipinski definition) is 5. The maximum absolute atomic E-state index is 9.18. The molecule has 136 valence electrons.